The lowest BCUT2D eigenvalue weighted by Gasteiger charge is -2.39. The van der Waals surface area contributed by atoms with Crippen LogP contribution in [0.2, 0.25) is 0 Å². The molecule has 4 rings (SSSR count). The first kappa shape index (κ1) is 22.8. The minimum Gasteiger partial charge on any atom is -0.348 e. The summed E-state index contributed by atoms with van der Waals surface area (Å²) in [5.41, 5.74) is 5.63. The topological polar surface area (TPSA) is 69.0 Å². The zero-order valence-electron chi connectivity index (χ0n) is 19.0. The molecule has 1 N–H and O–H groups in total. The fraction of sp³-hybridized carbons (Fsp3) is 0.296. The Morgan fingerprint density at radius 2 is 1.97 bits per heavy atom. The fourth-order valence-electron chi connectivity index (χ4n) is 4.26. The van der Waals surface area contributed by atoms with Crippen LogP contribution in [-0.4, -0.2) is 22.0 Å². The van der Waals surface area contributed by atoms with Crippen LogP contribution in [0.4, 0.5) is 0 Å². The lowest BCUT2D eigenvalue weighted by molar-refractivity contribution is -0.120. The first-order chi connectivity index (χ1) is 16.1. The minimum absolute atomic E-state index is 0.0166. The lowest BCUT2D eigenvalue weighted by Crippen LogP contribution is -2.51. The van der Waals surface area contributed by atoms with Crippen molar-refractivity contribution in [2.75, 3.05) is 0 Å². The largest absolute Gasteiger partial charge is 0.348 e. The van der Waals surface area contributed by atoms with Gasteiger partial charge in [-0.2, -0.15) is 5.26 Å². The minimum atomic E-state index is -0.0677. The molecule has 0 saturated heterocycles. The molecule has 3 aromatic rings. The van der Waals surface area contributed by atoms with Gasteiger partial charge in [-0.3, -0.25) is 4.79 Å². The van der Waals surface area contributed by atoms with Crippen molar-refractivity contribution in [3.8, 4) is 17.2 Å². The van der Waals surface area contributed by atoms with Gasteiger partial charge in [0.25, 0.3) is 5.91 Å². The Bertz CT molecular complexity index is 1180. The summed E-state index contributed by atoms with van der Waals surface area (Å²) >= 11 is 1.64. The van der Waals surface area contributed by atoms with Gasteiger partial charge in [0.15, 0.2) is 0 Å². The SMILES string of the molecule is CCCCC1=C(Cc2ccc(-c3ccccc3C#N)cc2)C(=O)NC(C)N1Cc1nccs1. The second-order valence-electron chi connectivity index (χ2n) is 8.26. The number of amides is 1. The standard InChI is InChI=1S/C27H28N4OS/c1-3-4-9-25-24(27(32)30-19(2)31(25)18-26-29-14-15-33-26)16-20-10-12-21(13-11-20)23-8-6-5-7-22(23)17-28/h5-8,10-15,19H,3-4,9,16,18H2,1-2H3,(H,30,32). The van der Waals surface area contributed by atoms with Crippen LogP contribution in [0.25, 0.3) is 11.1 Å². The number of carbonyl (C=O) groups excluding carboxylic acids is 1. The summed E-state index contributed by atoms with van der Waals surface area (Å²) in [6.07, 6.45) is 5.33. The molecule has 2 aromatic carbocycles. The van der Waals surface area contributed by atoms with E-state index in [1.807, 2.05) is 54.9 Å². The predicted molar refractivity (Wildman–Crippen MR) is 132 cm³/mol. The van der Waals surface area contributed by atoms with E-state index in [9.17, 15) is 10.1 Å². The Hall–Kier alpha value is -3.43. The molecule has 0 fully saturated rings. The van der Waals surface area contributed by atoms with Crippen molar-refractivity contribution in [2.24, 2.45) is 0 Å². The fourth-order valence-corrected chi connectivity index (χ4v) is 4.88. The van der Waals surface area contributed by atoms with Gasteiger partial charge >= 0.3 is 0 Å². The van der Waals surface area contributed by atoms with E-state index in [2.05, 4.69) is 40.3 Å². The Balaban J connectivity index is 1.64. The van der Waals surface area contributed by atoms with E-state index in [0.29, 0.717) is 18.5 Å². The Kier molecular flexibility index (Phi) is 7.21. The molecule has 5 nitrogen and oxygen atoms in total. The Labute approximate surface area is 199 Å². The van der Waals surface area contributed by atoms with E-state index < -0.39 is 0 Å². The number of aromatic nitrogens is 1. The summed E-state index contributed by atoms with van der Waals surface area (Å²) in [5, 5.41) is 15.6. The molecular formula is C27H28N4OS. The van der Waals surface area contributed by atoms with E-state index in [1.54, 1.807) is 11.3 Å². The lowest BCUT2D eigenvalue weighted by atomic mass is 9.94. The van der Waals surface area contributed by atoms with Crippen molar-refractivity contribution < 1.29 is 4.79 Å². The highest BCUT2D eigenvalue weighted by Crippen LogP contribution is 2.29. The van der Waals surface area contributed by atoms with Crippen molar-refractivity contribution in [1.82, 2.24) is 15.2 Å². The van der Waals surface area contributed by atoms with Crippen molar-refractivity contribution in [3.05, 3.63) is 87.5 Å². The molecule has 33 heavy (non-hydrogen) atoms. The molecule has 1 aliphatic heterocycles. The maximum atomic E-state index is 13.1. The second-order valence-corrected chi connectivity index (χ2v) is 9.24. The summed E-state index contributed by atoms with van der Waals surface area (Å²) in [7, 11) is 0. The van der Waals surface area contributed by atoms with Gasteiger partial charge in [0.2, 0.25) is 0 Å². The molecule has 0 aliphatic carbocycles. The molecule has 1 atom stereocenters. The van der Waals surface area contributed by atoms with Crippen LogP contribution in [-0.2, 0) is 17.8 Å². The Morgan fingerprint density at radius 3 is 2.67 bits per heavy atom. The third kappa shape index (κ3) is 5.15. The summed E-state index contributed by atoms with van der Waals surface area (Å²) in [5.74, 6) is 0.0166. The van der Waals surface area contributed by atoms with E-state index in [0.717, 1.165) is 52.2 Å². The smallest absolute Gasteiger partial charge is 0.250 e. The van der Waals surface area contributed by atoms with Gasteiger partial charge in [0, 0.05) is 29.3 Å². The second kappa shape index (κ2) is 10.5. The number of rotatable bonds is 8. The van der Waals surface area contributed by atoms with Crippen molar-refractivity contribution in [3.63, 3.8) is 0 Å². The summed E-state index contributed by atoms with van der Waals surface area (Å²) in [6, 6.07) is 18.1. The van der Waals surface area contributed by atoms with Crippen molar-refractivity contribution >= 4 is 17.2 Å². The average molecular weight is 457 g/mol. The third-order valence-electron chi connectivity index (χ3n) is 6.03. The summed E-state index contributed by atoms with van der Waals surface area (Å²) in [4.78, 5) is 19.8. The number of hydrogen-bond acceptors (Lipinski definition) is 5. The van der Waals surface area contributed by atoms with Crippen LogP contribution in [0, 0.1) is 11.3 Å². The molecule has 0 saturated carbocycles. The number of nitrogens with one attached hydrogen (secondary N) is 1. The highest BCUT2D eigenvalue weighted by Gasteiger charge is 2.30. The van der Waals surface area contributed by atoms with E-state index in [-0.39, 0.29) is 12.1 Å². The quantitative estimate of drug-likeness (QED) is 0.476. The van der Waals surface area contributed by atoms with Gasteiger partial charge in [-0.25, -0.2) is 4.98 Å². The molecule has 0 radical (unpaired) electrons. The van der Waals surface area contributed by atoms with Crippen molar-refractivity contribution in [2.45, 2.75) is 52.2 Å². The monoisotopic (exact) mass is 456 g/mol. The van der Waals surface area contributed by atoms with Gasteiger partial charge in [0.05, 0.1) is 24.3 Å². The predicted octanol–water partition coefficient (Wildman–Crippen LogP) is 5.65. The van der Waals surface area contributed by atoms with Crippen LogP contribution < -0.4 is 5.32 Å². The number of carbonyl (C=O) groups is 1. The molecule has 0 bridgehead atoms. The molecule has 0 spiro atoms. The van der Waals surface area contributed by atoms with Gasteiger partial charge in [-0.1, -0.05) is 55.8 Å². The number of nitrogens with zero attached hydrogens (tertiary/aromatic N) is 3. The van der Waals surface area contributed by atoms with Crippen LogP contribution in [0.3, 0.4) is 0 Å². The van der Waals surface area contributed by atoms with Crippen LogP contribution in [0.5, 0.6) is 0 Å². The molecule has 1 aromatic heterocycles. The zero-order valence-corrected chi connectivity index (χ0v) is 19.9. The van der Waals surface area contributed by atoms with Gasteiger partial charge in [0.1, 0.15) is 5.01 Å². The molecular weight excluding hydrogens is 428 g/mol. The van der Waals surface area contributed by atoms with Gasteiger partial charge in [-0.05, 0) is 42.5 Å². The van der Waals surface area contributed by atoms with Crippen molar-refractivity contribution in [1.29, 1.82) is 5.26 Å². The average Bonchev–Trinajstić information content (AvgIpc) is 3.35. The highest BCUT2D eigenvalue weighted by molar-refractivity contribution is 7.09. The molecule has 2 heterocycles. The van der Waals surface area contributed by atoms with Gasteiger partial charge < -0.3 is 10.2 Å². The molecule has 1 aliphatic rings. The normalized spacial score (nSPS) is 16.0. The van der Waals surface area contributed by atoms with E-state index in [1.165, 1.54) is 0 Å². The van der Waals surface area contributed by atoms with Crippen LogP contribution in [0.15, 0.2) is 71.4 Å². The summed E-state index contributed by atoms with van der Waals surface area (Å²) < 4.78 is 0. The molecule has 1 unspecified atom stereocenters. The first-order valence-electron chi connectivity index (χ1n) is 11.4. The number of allylic oxidation sites excluding steroid dienone is 1. The number of nitriles is 1. The van der Waals surface area contributed by atoms with Crippen LogP contribution >= 0.6 is 11.3 Å². The number of thiazole rings is 1. The maximum Gasteiger partial charge on any atom is 0.250 e. The first-order valence-corrected chi connectivity index (χ1v) is 12.2. The third-order valence-corrected chi connectivity index (χ3v) is 6.79. The number of unbranched alkanes of at least 4 members (excludes halogenated alkanes) is 1. The maximum absolute atomic E-state index is 13.1. The highest BCUT2D eigenvalue weighted by atomic mass is 32.1. The Morgan fingerprint density at radius 1 is 1.18 bits per heavy atom. The van der Waals surface area contributed by atoms with E-state index in [4.69, 9.17) is 0 Å². The molecule has 6 heteroatoms. The number of benzene rings is 2. The molecule has 1 amide bonds. The van der Waals surface area contributed by atoms with E-state index >= 15 is 0 Å². The summed E-state index contributed by atoms with van der Waals surface area (Å²) in [6.45, 7) is 4.91. The zero-order chi connectivity index (χ0) is 23.2. The number of hydrogen-bond donors (Lipinski definition) is 1. The molecule has 168 valence electrons. The van der Waals surface area contributed by atoms with Crippen LogP contribution in [0.1, 0.15) is 49.2 Å². The van der Waals surface area contributed by atoms with Gasteiger partial charge in [-0.15, -0.1) is 11.3 Å².